The van der Waals surface area contributed by atoms with E-state index in [0.29, 0.717) is 37.2 Å². The van der Waals surface area contributed by atoms with E-state index in [2.05, 4.69) is 5.32 Å². The molecule has 0 atom stereocenters. The second kappa shape index (κ2) is 10.2. The number of thiocarbonyl (C=S) groups is 1. The Kier molecular flexibility index (Phi) is 7.52. The van der Waals surface area contributed by atoms with Crippen molar-refractivity contribution in [1.82, 2.24) is 10.2 Å². The van der Waals surface area contributed by atoms with Gasteiger partial charge in [-0.1, -0.05) is 6.07 Å². The standard InChI is InChI=1S/C22H19F5N2O3S/c1-3-31-14-6-5-11(9-15(14)32-4-2)7-8-29-21(30)13(28-22(29)33)10-12-16(23)18(25)20(27)19(26)17(12)24/h5-6,9-10H,3-4,7-8H2,1-2H3,(H,28,33)/b13-10+. The lowest BCUT2D eigenvalue weighted by Gasteiger charge is -2.16. The molecule has 1 aliphatic heterocycles. The van der Waals surface area contributed by atoms with Crippen LogP contribution in [-0.2, 0) is 11.2 Å². The van der Waals surface area contributed by atoms with Gasteiger partial charge in [0.1, 0.15) is 5.70 Å². The summed E-state index contributed by atoms with van der Waals surface area (Å²) < 4.78 is 79.1. The third-order valence-electron chi connectivity index (χ3n) is 4.73. The summed E-state index contributed by atoms with van der Waals surface area (Å²) in [6.45, 7) is 4.65. The second-order valence-corrected chi connectivity index (χ2v) is 7.21. The predicted molar refractivity (Wildman–Crippen MR) is 114 cm³/mol. The zero-order chi connectivity index (χ0) is 24.3. The van der Waals surface area contributed by atoms with Crippen LogP contribution in [0.4, 0.5) is 22.0 Å². The number of benzene rings is 2. The minimum atomic E-state index is -2.28. The molecule has 0 aliphatic carbocycles. The number of hydrogen-bond donors (Lipinski definition) is 1. The van der Waals surface area contributed by atoms with Gasteiger partial charge in [0.2, 0.25) is 5.82 Å². The molecule has 0 radical (unpaired) electrons. The Labute approximate surface area is 191 Å². The molecule has 1 fully saturated rings. The molecule has 0 bridgehead atoms. The Bertz CT molecular complexity index is 1110. The molecule has 0 unspecified atom stereocenters. The van der Waals surface area contributed by atoms with Crippen LogP contribution >= 0.6 is 12.2 Å². The molecule has 0 aromatic heterocycles. The van der Waals surface area contributed by atoms with E-state index in [9.17, 15) is 26.7 Å². The molecule has 5 nitrogen and oxygen atoms in total. The van der Waals surface area contributed by atoms with Crippen molar-refractivity contribution in [3.05, 3.63) is 64.1 Å². The maximum absolute atomic E-state index is 14.0. The van der Waals surface area contributed by atoms with Crippen molar-refractivity contribution in [2.45, 2.75) is 20.3 Å². The number of rotatable bonds is 8. The van der Waals surface area contributed by atoms with Gasteiger partial charge in [-0.15, -0.1) is 0 Å². The van der Waals surface area contributed by atoms with Gasteiger partial charge in [0.05, 0.1) is 18.8 Å². The number of nitrogens with zero attached hydrogens (tertiary/aromatic N) is 1. The van der Waals surface area contributed by atoms with Crippen LogP contribution in [0, 0.1) is 29.1 Å². The van der Waals surface area contributed by atoms with Gasteiger partial charge in [0.25, 0.3) is 5.91 Å². The summed E-state index contributed by atoms with van der Waals surface area (Å²) in [5, 5.41) is 2.39. The fraction of sp³-hybridized carbons (Fsp3) is 0.273. The molecule has 2 aromatic carbocycles. The highest BCUT2D eigenvalue weighted by molar-refractivity contribution is 7.80. The Hall–Kier alpha value is -3.21. The topological polar surface area (TPSA) is 50.8 Å². The highest BCUT2D eigenvalue weighted by Crippen LogP contribution is 2.29. The monoisotopic (exact) mass is 486 g/mol. The fourth-order valence-electron chi connectivity index (χ4n) is 3.16. The number of amides is 1. The number of carbonyl (C=O) groups is 1. The lowest BCUT2D eigenvalue weighted by atomic mass is 10.1. The Balaban J connectivity index is 1.80. The average Bonchev–Trinajstić information content (AvgIpc) is 3.06. The van der Waals surface area contributed by atoms with Crippen LogP contribution in [0.1, 0.15) is 25.0 Å². The van der Waals surface area contributed by atoms with Crippen molar-refractivity contribution >= 4 is 29.3 Å². The predicted octanol–water partition coefficient (Wildman–Crippen LogP) is 4.48. The Morgan fingerprint density at radius 3 is 2.12 bits per heavy atom. The third kappa shape index (κ3) is 4.92. The molecule has 11 heteroatoms. The normalized spacial score (nSPS) is 14.8. The summed E-state index contributed by atoms with van der Waals surface area (Å²) in [6, 6.07) is 5.29. The van der Waals surface area contributed by atoms with Crippen molar-refractivity contribution in [1.29, 1.82) is 0 Å². The van der Waals surface area contributed by atoms with E-state index in [1.165, 1.54) is 0 Å². The van der Waals surface area contributed by atoms with Gasteiger partial charge in [-0.05, 0) is 56.3 Å². The second-order valence-electron chi connectivity index (χ2n) is 6.83. The summed E-state index contributed by atoms with van der Waals surface area (Å²) in [4.78, 5) is 13.8. The lowest BCUT2D eigenvalue weighted by Crippen LogP contribution is -2.32. The summed E-state index contributed by atoms with van der Waals surface area (Å²) in [5.41, 5.74) is -0.848. The summed E-state index contributed by atoms with van der Waals surface area (Å²) in [6.07, 6.45) is 0.894. The van der Waals surface area contributed by atoms with Crippen molar-refractivity contribution in [3.63, 3.8) is 0 Å². The quantitative estimate of drug-likeness (QED) is 0.196. The molecular weight excluding hydrogens is 467 g/mol. The van der Waals surface area contributed by atoms with Crippen LogP contribution < -0.4 is 14.8 Å². The molecule has 1 amide bonds. The van der Waals surface area contributed by atoms with Crippen LogP contribution in [0.3, 0.4) is 0 Å². The maximum atomic E-state index is 14.0. The van der Waals surface area contributed by atoms with Gasteiger partial charge < -0.3 is 14.8 Å². The molecule has 1 heterocycles. The minimum Gasteiger partial charge on any atom is -0.490 e. The van der Waals surface area contributed by atoms with E-state index in [4.69, 9.17) is 21.7 Å². The zero-order valence-electron chi connectivity index (χ0n) is 17.6. The molecule has 1 N–H and O–H groups in total. The molecule has 1 saturated heterocycles. The molecule has 0 saturated carbocycles. The number of carbonyl (C=O) groups excluding carboxylic acids is 1. The molecule has 1 aliphatic rings. The van der Waals surface area contributed by atoms with Gasteiger partial charge in [-0.3, -0.25) is 9.69 Å². The third-order valence-corrected chi connectivity index (χ3v) is 5.05. The van der Waals surface area contributed by atoms with Crippen LogP contribution in [0.15, 0.2) is 23.9 Å². The van der Waals surface area contributed by atoms with Crippen molar-refractivity contribution in [2.75, 3.05) is 19.8 Å². The largest absolute Gasteiger partial charge is 0.490 e. The first-order chi connectivity index (χ1) is 15.7. The molecule has 176 valence electrons. The van der Waals surface area contributed by atoms with E-state index in [-0.39, 0.29) is 11.7 Å². The van der Waals surface area contributed by atoms with Gasteiger partial charge in [0, 0.05) is 6.54 Å². The molecular formula is C22H19F5N2O3S. The Morgan fingerprint density at radius 2 is 1.52 bits per heavy atom. The van der Waals surface area contributed by atoms with E-state index in [1.54, 1.807) is 18.2 Å². The van der Waals surface area contributed by atoms with Crippen LogP contribution in [0.2, 0.25) is 0 Å². The molecule has 0 spiro atoms. The van der Waals surface area contributed by atoms with Gasteiger partial charge in [-0.2, -0.15) is 0 Å². The lowest BCUT2D eigenvalue weighted by molar-refractivity contribution is -0.122. The molecule has 33 heavy (non-hydrogen) atoms. The summed E-state index contributed by atoms with van der Waals surface area (Å²) in [7, 11) is 0. The van der Waals surface area contributed by atoms with Gasteiger partial charge >= 0.3 is 0 Å². The van der Waals surface area contributed by atoms with Crippen molar-refractivity contribution in [2.24, 2.45) is 0 Å². The van der Waals surface area contributed by atoms with Crippen LogP contribution in [0.25, 0.3) is 6.08 Å². The van der Waals surface area contributed by atoms with E-state index in [0.717, 1.165) is 10.5 Å². The first-order valence-corrected chi connectivity index (χ1v) is 10.3. The van der Waals surface area contributed by atoms with E-state index >= 15 is 0 Å². The molecule has 2 aromatic rings. The van der Waals surface area contributed by atoms with Gasteiger partial charge in [-0.25, -0.2) is 22.0 Å². The number of halogens is 5. The van der Waals surface area contributed by atoms with Crippen LogP contribution in [-0.4, -0.2) is 35.7 Å². The highest BCUT2D eigenvalue weighted by Gasteiger charge is 2.32. The van der Waals surface area contributed by atoms with Crippen molar-refractivity contribution in [3.8, 4) is 11.5 Å². The number of nitrogens with one attached hydrogen (secondary N) is 1. The van der Waals surface area contributed by atoms with E-state index < -0.39 is 46.3 Å². The van der Waals surface area contributed by atoms with Gasteiger partial charge in [0.15, 0.2) is 39.9 Å². The first kappa shape index (κ1) is 24.4. The number of ether oxygens (including phenoxy) is 2. The Morgan fingerprint density at radius 1 is 0.939 bits per heavy atom. The smallest absolute Gasteiger partial charge is 0.276 e. The minimum absolute atomic E-state index is 0.0638. The average molecular weight is 486 g/mol. The SMILES string of the molecule is CCOc1ccc(CCN2C(=O)/C(=C\c3c(F)c(F)c(F)c(F)c3F)NC2=S)cc1OCC. The maximum Gasteiger partial charge on any atom is 0.276 e. The molecule has 3 rings (SSSR count). The summed E-state index contributed by atoms with van der Waals surface area (Å²) in [5.74, 6) is -10.2. The fourth-order valence-corrected chi connectivity index (χ4v) is 3.44. The zero-order valence-corrected chi connectivity index (χ0v) is 18.4. The van der Waals surface area contributed by atoms with Crippen molar-refractivity contribution < 1.29 is 36.2 Å². The summed E-state index contributed by atoms with van der Waals surface area (Å²) >= 11 is 5.10. The van der Waals surface area contributed by atoms with E-state index in [1.807, 2.05) is 13.8 Å². The highest BCUT2D eigenvalue weighted by atomic mass is 32.1. The first-order valence-electron chi connectivity index (χ1n) is 9.94. The van der Waals surface area contributed by atoms with Crippen LogP contribution in [0.5, 0.6) is 11.5 Å². The number of hydrogen-bond acceptors (Lipinski definition) is 4.